The monoisotopic (exact) mass is 231 g/mol. The van der Waals surface area contributed by atoms with Crippen LogP contribution >= 0.6 is 0 Å². The smallest absolute Gasteiger partial charge is 0.309 e. The molecule has 1 aromatic carbocycles. The minimum absolute atomic E-state index is 0.0528. The standard InChI is InChI=1S/C13H13NO3/c1-8-5-9(6-13(15)16)14-12-4-3-10(17-2)7-11(8)12/h3-5,7H,6H2,1-2H3,(H,15,16). The van der Waals surface area contributed by atoms with Crippen molar-refractivity contribution in [2.75, 3.05) is 7.11 Å². The maximum absolute atomic E-state index is 10.7. The van der Waals surface area contributed by atoms with Gasteiger partial charge in [0.2, 0.25) is 0 Å². The molecule has 0 aliphatic rings. The minimum atomic E-state index is -0.871. The van der Waals surface area contributed by atoms with Crippen molar-refractivity contribution in [1.29, 1.82) is 0 Å². The summed E-state index contributed by atoms with van der Waals surface area (Å²) in [5.74, 6) is -0.0989. The lowest BCUT2D eigenvalue weighted by molar-refractivity contribution is -0.136. The molecule has 0 unspecified atom stereocenters. The number of hydrogen-bond acceptors (Lipinski definition) is 3. The Morgan fingerprint density at radius 3 is 2.82 bits per heavy atom. The van der Waals surface area contributed by atoms with Crippen LogP contribution in [0.5, 0.6) is 5.75 Å². The number of ether oxygens (including phenoxy) is 1. The van der Waals surface area contributed by atoms with E-state index in [9.17, 15) is 4.79 Å². The highest BCUT2D eigenvalue weighted by atomic mass is 16.5. The molecule has 1 N–H and O–H groups in total. The summed E-state index contributed by atoms with van der Waals surface area (Å²) in [5.41, 5.74) is 2.37. The molecule has 2 rings (SSSR count). The quantitative estimate of drug-likeness (QED) is 0.879. The van der Waals surface area contributed by atoms with Gasteiger partial charge in [0, 0.05) is 5.39 Å². The third kappa shape index (κ3) is 2.36. The van der Waals surface area contributed by atoms with E-state index in [2.05, 4.69) is 4.98 Å². The highest BCUT2D eigenvalue weighted by Gasteiger charge is 2.07. The summed E-state index contributed by atoms with van der Waals surface area (Å²) in [6, 6.07) is 7.37. The molecule has 1 aromatic heterocycles. The molecule has 2 aromatic rings. The molecule has 0 atom stereocenters. The number of methoxy groups -OCH3 is 1. The maximum atomic E-state index is 10.7. The number of rotatable bonds is 3. The van der Waals surface area contributed by atoms with Gasteiger partial charge in [-0.25, -0.2) is 0 Å². The predicted octanol–water partition coefficient (Wildman–Crippen LogP) is 2.18. The van der Waals surface area contributed by atoms with E-state index in [4.69, 9.17) is 9.84 Å². The number of carboxylic acids is 1. The number of aliphatic carboxylic acids is 1. The Labute approximate surface area is 98.9 Å². The van der Waals surface area contributed by atoms with Crippen molar-refractivity contribution in [3.8, 4) is 5.75 Å². The van der Waals surface area contributed by atoms with Crippen LogP contribution < -0.4 is 4.74 Å². The van der Waals surface area contributed by atoms with Gasteiger partial charge in [-0.15, -0.1) is 0 Å². The van der Waals surface area contributed by atoms with Crippen molar-refractivity contribution >= 4 is 16.9 Å². The van der Waals surface area contributed by atoms with E-state index in [1.807, 2.05) is 25.1 Å². The first-order chi connectivity index (χ1) is 8.10. The van der Waals surface area contributed by atoms with Crippen LogP contribution in [0, 0.1) is 6.92 Å². The lowest BCUT2D eigenvalue weighted by atomic mass is 10.1. The van der Waals surface area contributed by atoms with Gasteiger partial charge in [0.25, 0.3) is 0 Å². The Kier molecular flexibility index (Phi) is 2.95. The van der Waals surface area contributed by atoms with E-state index in [-0.39, 0.29) is 6.42 Å². The van der Waals surface area contributed by atoms with Crippen molar-refractivity contribution in [3.63, 3.8) is 0 Å². The van der Waals surface area contributed by atoms with Crippen molar-refractivity contribution in [2.45, 2.75) is 13.3 Å². The molecule has 0 saturated heterocycles. The van der Waals surface area contributed by atoms with E-state index < -0.39 is 5.97 Å². The molecular weight excluding hydrogens is 218 g/mol. The van der Waals surface area contributed by atoms with Gasteiger partial charge in [0.05, 0.1) is 24.7 Å². The van der Waals surface area contributed by atoms with Gasteiger partial charge in [0.1, 0.15) is 5.75 Å². The molecule has 17 heavy (non-hydrogen) atoms. The highest BCUT2D eigenvalue weighted by molar-refractivity contribution is 5.84. The predicted molar refractivity (Wildman–Crippen MR) is 64.4 cm³/mol. The number of carbonyl (C=O) groups is 1. The molecule has 1 heterocycles. The molecule has 0 amide bonds. The molecular formula is C13H13NO3. The van der Waals surface area contributed by atoms with Crippen molar-refractivity contribution in [1.82, 2.24) is 4.98 Å². The molecule has 88 valence electrons. The summed E-state index contributed by atoms with van der Waals surface area (Å²) >= 11 is 0. The maximum Gasteiger partial charge on any atom is 0.309 e. The summed E-state index contributed by atoms with van der Waals surface area (Å²) in [5, 5.41) is 9.74. The lowest BCUT2D eigenvalue weighted by Gasteiger charge is -2.07. The molecule has 0 aliphatic carbocycles. The van der Waals surface area contributed by atoms with Gasteiger partial charge in [-0.3, -0.25) is 9.78 Å². The molecule has 0 spiro atoms. The molecule has 0 aliphatic heterocycles. The zero-order valence-corrected chi connectivity index (χ0v) is 9.73. The van der Waals surface area contributed by atoms with Gasteiger partial charge in [-0.1, -0.05) is 0 Å². The zero-order valence-electron chi connectivity index (χ0n) is 9.73. The Morgan fingerprint density at radius 1 is 1.41 bits per heavy atom. The fraction of sp³-hybridized carbons (Fsp3) is 0.231. The van der Waals surface area contributed by atoms with E-state index in [1.165, 1.54) is 0 Å². The van der Waals surface area contributed by atoms with Crippen LogP contribution in [-0.4, -0.2) is 23.2 Å². The number of carboxylic acid groups (broad SMARTS) is 1. The summed E-state index contributed by atoms with van der Waals surface area (Å²) in [4.78, 5) is 15.0. The van der Waals surface area contributed by atoms with Gasteiger partial charge in [-0.2, -0.15) is 0 Å². The topological polar surface area (TPSA) is 59.4 Å². The summed E-state index contributed by atoms with van der Waals surface area (Å²) in [7, 11) is 1.61. The van der Waals surface area contributed by atoms with Gasteiger partial charge >= 0.3 is 5.97 Å². The third-order valence-electron chi connectivity index (χ3n) is 2.61. The first-order valence-corrected chi connectivity index (χ1v) is 5.26. The van der Waals surface area contributed by atoms with E-state index in [1.54, 1.807) is 13.2 Å². The average molecular weight is 231 g/mol. The Hall–Kier alpha value is -2.10. The first kappa shape index (κ1) is 11.4. The number of fused-ring (bicyclic) bond motifs is 1. The minimum Gasteiger partial charge on any atom is -0.497 e. The summed E-state index contributed by atoms with van der Waals surface area (Å²) in [6.07, 6.45) is -0.0528. The lowest BCUT2D eigenvalue weighted by Crippen LogP contribution is -2.03. The molecule has 0 radical (unpaired) electrons. The van der Waals surface area contributed by atoms with Crippen LogP contribution in [0.4, 0.5) is 0 Å². The molecule has 0 saturated carbocycles. The van der Waals surface area contributed by atoms with Crippen LogP contribution in [0.15, 0.2) is 24.3 Å². The second kappa shape index (κ2) is 4.41. The van der Waals surface area contributed by atoms with Gasteiger partial charge < -0.3 is 9.84 Å². The van der Waals surface area contributed by atoms with Crippen LogP contribution in [0.3, 0.4) is 0 Å². The van der Waals surface area contributed by atoms with E-state index in [0.717, 1.165) is 22.2 Å². The summed E-state index contributed by atoms with van der Waals surface area (Å²) < 4.78 is 5.15. The number of aromatic nitrogens is 1. The average Bonchev–Trinajstić information content (AvgIpc) is 2.28. The van der Waals surface area contributed by atoms with Crippen molar-refractivity contribution in [2.24, 2.45) is 0 Å². The van der Waals surface area contributed by atoms with Crippen LogP contribution in [0.25, 0.3) is 10.9 Å². The van der Waals surface area contributed by atoms with Gasteiger partial charge in [-0.05, 0) is 36.8 Å². The van der Waals surface area contributed by atoms with Crippen molar-refractivity contribution in [3.05, 3.63) is 35.5 Å². The third-order valence-corrected chi connectivity index (χ3v) is 2.61. The molecule has 4 heteroatoms. The normalized spacial score (nSPS) is 10.5. The second-order valence-electron chi connectivity index (χ2n) is 3.88. The Balaban J connectivity index is 2.55. The van der Waals surface area contributed by atoms with Crippen LogP contribution in [0.2, 0.25) is 0 Å². The van der Waals surface area contributed by atoms with Crippen LogP contribution in [-0.2, 0) is 11.2 Å². The first-order valence-electron chi connectivity index (χ1n) is 5.26. The van der Waals surface area contributed by atoms with Crippen LogP contribution in [0.1, 0.15) is 11.3 Å². The molecule has 4 nitrogen and oxygen atoms in total. The zero-order chi connectivity index (χ0) is 12.4. The Morgan fingerprint density at radius 2 is 2.18 bits per heavy atom. The van der Waals surface area contributed by atoms with E-state index >= 15 is 0 Å². The van der Waals surface area contributed by atoms with Crippen molar-refractivity contribution < 1.29 is 14.6 Å². The van der Waals surface area contributed by atoms with E-state index in [0.29, 0.717) is 5.69 Å². The largest absolute Gasteiger partial charge is 0.497 e. The summed E-state index contributed by atoms with van der Waals surface area (Å²) in [6.45, 7) is 1.94. The number of nitrogens with zero attached hydrogens (tertiary/aromatic N) is 1. The number of pyridine rings is 1. The fourth-order valence-corrected chi connectivity index (χ4v) is 1.82. The fourth-order valence-electron chi connectivity index (χ4n) is 1.82. The molecule has 0 bridgehead atoms. The number of hydrogen-bond donors (Lipinski definition) is 1. The number of benzene rings is 1. The number of aryl methyl sites for hydroxylation is 1. The van der Waals surface area contributed by atoms with Gasteiger partial charge in [0.15, 0.2) is 0 Å². The SMILES string of the molecule is COc1ccc2nc(CC(=O)O)cc(C)c2c1. The second-order valence-corrected chi connectivity index (χ2v) is 3.88. The highest BCUT2D eigenvalue weighted by Crippen LogP contribution is 2.23. The Bertz CT molecular complexity index is 578. The molecule has 0 fully saturated rings.